The van der Waals surface area contributed by atoms with E-state index in [1.807, 2.05) is 0 Å². The molecule has 0 aliphatic heterocycles. The SMILES string of the molecule is FC(F)(F)c1ccc(CNc2nc(-c3ccccc3C(F)(F)F)nc3ccccc23)cc1. The number of benzene rings is 3. The first-order valence-corrected chi connectivity index (χ1v) is 9.46. The highest BCUT2D eigenvalue weighted by Crippen LogP contribution is 2.37. The van der Waals surface area contributed by atoms with E-state index in [-0.39, 0.29) is 23.8 Å². The fraction of sp³-hybridized carbons (Fsp3) is 0.130. The van der Waals surface area contributed by atoms with Gasteiger partial charge >= 0.3 is 12.4 Å². The van der Waals surface area contributed by atoms with Gasteiger partial charge in [0.15, 0.2) is 5.82 Å². The molecule has 32 heavy (non-hydrogen) atoms. The highest BCUT2D eigenvalue weighted by atomic mass is 19.4. The molecule has 4 aromatic rings. The molecule has 0 atom stereocenters. The molecule has 0 saturated heterocycles. The highest BCUT2D eigenvalue weighted by molar-refractivity contribution is 5.90. The minimum Gasteiger partial charge on any atom is -0.365 e. The van der Waals surface area contributed by atoms with Crippen molar-refractivity contribution in [2.75, 3.05) is 5.32 Å². The Hall–Kier alpha value is -3.62. The van der Waals surface area contributed by atoms with Crippen molar-refractivity contribution in [3.63, 3.8) is 0 Å². The van der Waals surface area contributed by atoms with E-state index in [9.17, 15) is 26.3 Å². The summed E-state index contributed by atoms with van der Waals surface area (Å²) >= 11 is 0. The Labute approximate surface area is 178 Å². The lowest BCUT2D eigenvalue weighted by Gasteiger charge is -2.15. The van der Waals surface area contributed by atoms with Crippen LogP contribution in [-0.4, -0.2) is 9.97 Å². The summed E-state index contributed by atoms with van der Waals surface area (Å²) in [5.74, 6) is 0.175. The summed E-state index contributed by atoms with van der Waals surface area (Å²) < 4.78 is 78.7. The molecular weight excluding hydrogens is 432 g/mol. The number of fused-ring (bicyclic) bond motifs is 1. The first kappa shape index (κ1) is 21.6. The van der Waals surface area contributed by atoms with Crippen LogP contribution in [0.15, 0.2) is 72.8 Å². The van der Waals surface area contributed by atoms with E-state index in [1.165, 1.54) is 30.3 Å². The maximum atomic E-state index is 13.5. The Bertz CT molecular complexity index is 1250. The third kappa shape index (κ3) is 4.51. The number of anilines is 1. The molecule has 0 fully saturated rings. The monoisotopic (exact) mass is 447 g/mol. The molecule has 1 heterocycles. The molecule has 0 aliphatic rings. The van der Waals surface area contributed by atoms with Crippen LogP contribution in [0.1, 0.15) is 16.7 Å². The van der Waals surface area contributed by atoms with Gasteiger partial charge in [0.05, 0.1) is 16.6 Å². The number of hydrogen-bond acceptors (Lipinski definition) is 3. The number of nitrogens with one attached hydrogen (secondary N) is 1. The van der Waals surface area contributed by atoms with E-state index >= 15 is 0 Å². The van der Waals surface area contributed by atoms with Gasteiger partial charge in [0.25, 0.3) is 0 Å². The largest absolute Gasteiger partial charge is 0.417 e. The number of alkyl halides is 6. The molecular formula is C23H15F6N3. The number of rotatable bonds is 4. The minimum atomic E-state index is -4.58. The lowest BCUT2D eigenvalue weighted by molar-refractivity contribution is -0.138. The molecule has 0 bridgehead atoms. The van der Waals surface area contributed by atoms with Crippen LogP contribution in [0.25, 0.3) is 22.3 Å². The Morgan fingerprint density at radius 3 is 2.03 bits per heavy atom. The zero-order chi connectivity index (χ0) is 22.9. The second-order valence-electron chi connectivity index (χ2n) is 7.00. The van der Waals surface area contributed by atoms with E-state index < -0.39 is 23.5 Å². The molecule has 3 aromatic carbocycles. The molecule has 0 radical (unpaired) electrons. The van der Waals surface area contributed by atoms with Gasteiger partial charge in [-0.1, -0.05) is 42.5 Å². The minimum absolute atomic E-state index is 0.105. The third-order valence-electron chi connectivity index (χ3n) is 4.82. The van der Waals surface area contributed by atoms with Crippen molar-refractivity contribution in [1.82, 2.24) is 9.97 Å². The molecule has 9 heteroatoms. The van der Waals surface area contributed by atoms with Crippen molar-refractivity contribution >= 4 is 16.7 Å². The second kappa shape index (κ2) is 8.14. The molecule has 1 aromatic heterocycles. The fourth-order valence-electron chi connectivity index (χ4n) is 3.25. The molecule has 4 rings (SSSR count). The van der Waals surface area contributed by atoms with Crippen molar-refractivity contribution in [3.8, 4) is 11.4 Å². The standard InChI is InChI=1S/C23H15F6N3/c24-22(25,26)15-11-9-14(10-12-15)13-30-20-17-6-2-4-8-19(17)31-21(32-20)16-5-1-3-7-18(16)23(27,28)29/h1-12H,13H2,(H,30,31,32). The van der Waals surface area contributed by atoms with Gasteiger partial charge in [-0.2, -0.15) is 26.3 Å². The van der Waals surface area contributed by atoms with Crippen LogP contribution < -0.4 is 5.32 Å². The topological polar surface area (TPSA) is 37.8 Å². The molecule has 0 aliphatic carbocycles. The van der Waals surface area contributed by atoms with Gasteiger partial charge in [-0.25, -0.2) is 9.97 Å². The van der Waals surface area contributed by atoms with Crippen molar-refractivity contribution in [2.45, 2.75) is 18.9 Å². The fourth-order valence-corrected chi connectivity index (χ4v) is 3.25. The average Bonchev–Trinajstić information content (AvgIpc) is 2.76. The van der Waals surface area contributed by atoms with E-state index in [2.05, 4.69) is 15.3 Å². The van der Waals surface area contributed by atoms with E-state index in [1.54, 1.807) is 24.3 Å². The van der Waals surface area contributed by atoms with E-state index in [0.717, 1.165) is 18.2 Å². The van der Waals surface area contributed by atoms with Gasteiger partial charge in [-0.3, -0.25) is 0 Å². The Balaban J connectivity index is 1.71. The molecule has 3 nitrogen and oxygen atoms in total. The number of aromatic nitrogens is 2. The molecule has 0 spiro atoms. The van der Waals surface area contributed by atoms with Gasteiger partial charge in [-0.15, -0.1) is 0 Å². The molecule has 0 saturated carbocycles. The van der Waals surface area contributed by atoms with Gasteiger partial charge in [0.1, 0.15) is 5.82 Å². The summed E-state index contributed by atoms with van der Waals surface area (Å²) in [7, 11) is 0. The third-order valence-corrected chi connectivity index (χ3v) is 4.82. The van der Waals surface area contributed by atoms with Gasteiger partial charge in [-0.05, 0) is 35.9 Å². The van der Waals surface area contributed by atoms with Crippen LogP contribution in [0.3, 0.4) is 0 Å². The normalized spacial score (nSPS) is 12.2. The van der Waals surface area contributed by atoms with Crippen LogP contribution in [-0.2, 0) is 18.9 Å². The van der Waals surface area contributed by atoms with Crippen LogP contribution in [0, 0.1) is 0 Å². The summed E-state index contributed by atoms with van der Waals surface area (Å²) in [6.07, 6.45) is -9.02. The Morgan fingerprint density at radius 2 is 1.34 bits per heavy atom. The summed E-state index contributed by atoms with van der Waals surface area (Å²) in [5.41, 5.74) is -0.797. The van der Waals surface area contributed by atoms with Crippen LogP contribution in [0.5, 0.6) is 0 Å². The van der Waals surface area contributed by atoms with Crippen LogP contribution in [0.4, 0.5) is 32.2 Å². The second-order valence-corrected chi connectivity index (χ2v) is 7.00. The Kier molecular flexibility index (Phi) is 5.50. The first-order chi connectivity index (χ1) is 15.1. The summed E-state index contributed by atoms with van der Waals surface area (Å²) in [6.45, 7) is 0.125. The van der Waals surface area contributed by atoms with Crippen molar-refractivity contribution < 1.29 is 26.3 Å². The average molecular weight is 447 g/mol. The van der Waals surface area contributed by atoms with Gasteiger partial charge in [0, 0.05) is 17.5 Å². The predicted octanol–water partition coefficient (Wildman–Crippen LogP) is 6.95. The summed E-state index contributed by atoms with van der Waals surface area (Å²) in [6, 6.07) is 16.4. The summed E-state index contributed by atoms with van der Waals surface area (Å²) in [5, 5.41) is 3.59. The number of hydrogen-bond donors (Lipinski definition) is 1. The predicted molar refractivity (Wildman–Crippen MR) is 109 cm³/mol. The summed E-state index contributed by atoms with van der Waals surface area (Å²) in [4.78, 5) is 8.61. The lowest BCUT2D eigenvalue weighted by Crippen LogP contribution is -2.09. The van der Waals surface area contributed by atoms with Gasteiger partial charge < -0.3 is 5.32 Å². The molecule has 0 unspecified atom stereocenters. The van der Waals surface area contributed by atoms with E-state index in [0.29, 0.717) is 16.5 Å². The number of para-hydroxylation sites is 1. The zero-order valence-electron chi connectivity index (χ0n) is 16.3. The highest BCUT2D eigenvalue weighted by Gasteiger charge is 2.34. The van der Waals surface area contributed by atoms with Crippen molar-refractivity contribution in [2.24, 2.45) is 0 Å². The van der Waals surface area contributed by atoms with Gasteiger partial charge in [0.2, 0.25) is 0 Å². The molecule has 0 amide bonds. The van der Waals surface area contributed by atoms with Crippen LogP contribution in [0.2, 0.25) is 0 Å². The Morgan fingerprint density at radius 1 is 0.688 bits per heavy atom. The molecule has 1 N–H and O–H groups in total. The quantitative estimate of drug-likeness (QED) is 0.344. The first-order valence-electron chi connectivity index (χ1n) is 9.46. The maximum Gasteiger partial charge on any atom is 0.417 e. The number of halogens is 6. The van der Waals surface area contributed by atoms with Crippen molar-refractivity contribution in [3.05, 3.63) is 89.5 Å². The number of nitrogens with zero attached hydrogens (tertiary/aromatic N) is 2. The van der Waals surface area contributed by atoms with Crippen molar-refractivity contribution in [1.29, 1.82) is 0 Å². The van der Waals surface area contributed by atoms with Crippen LogP contribution >= 0.6 is 0 Å². The zero-order valence-corrected chi connectivity index (χ0v) is 16.3. The molecule has 164 valence electrons. The smallest absolute Gasteiger partial charge is 0.365 e. The lowest BCUT2D eigenvalue weighted by atomic mass is 10.1. The maximum absolute atomic E-state index is 13.5. The van der Waals surface area contributed by atoms with E-state index in [4.69, 9.17) is 0 Å².